The summed E-state index contributed by atoms with van der Waals surface area (Å²) in [6, 6.07) is 5.54. The number of nitrogens with one attached hydrogen (secondary N) is 1. The van der Waals surface area contributed by atoms with Gasteiger partial charge in [0.2, 0.25) is 0 Å². The molecule has 1 fully saturated rings. The number of nitrogens with zero attached hydrogens (tertiary/aromatic N) is 2. The van der Waals surface area contributed by atoms with Gasteiger partial charge in [0.15, 0.2) is 0 Å². The molecule has 1 aromatic carbocycles. The monoisotopic (exact) mass is 297 g/mol. The summed E-state index contributed by atoms with van der Waals surface area (Å²) in [4.78, 5) is 2.27. The highest BCUT2D eigenvalue weighted by Gasteiger charge is 2.34. The first-order valence-corrected chi connectivity index (χ1v) is 7.04. The Bertz CT molecular complexity index is 534. The molecular formula is C15H18F3N3. The number of halogens is 3. The minimum atomic E-state index is -4.51. The molecule has 2 rings (SSSR count). The maximum atomic E-state index is 12.9. The predicted octanol–water partition coefficient (Wildman–Crippen LogP) is 3.47. The molecule has 1 N–H and O–H groups in total. The van der Waals surface area contributed by atoms with E-state index in [0.717, 1.165) is 38.5 Å². The molecule has 114 valence electrons. The van der Waals surface area contributed by atoms with Crippen LogP contribution in [0.5, 0.6) is 0 Å². The number of hydrogen-bond acceptors (Lipinski definition) is 3. The van der Waals surface area contributed by atoms with E-state index in [1.165, 1.54) is 6.07 Å². The third kappa shape index (κ3) is 3.88. The van der Waals surface area contributed by atoms with Crippen molar-refractivity contribution in [3.8, 4) is 6.07 Å². The second-order valence-electron chi connectivity index (χ2n) is 5.25. The summed E-state index contributed by atoms with van der Waals surface area (Å²) < 4.78 is 38.8. The minimum absolute atomic E-state index is 0.146. The molecule has 0 spiro atoms. The van der Waals surface area contributed by atoms with Crippen LogP contribution in [0, 0.1) is 11.3 Å². The molecule has 6 heteroatoms. The molecule has 1 atom stereocenters. The normalized spacial score (nSPS) is 20.0. The highest BCUT2D eigenvalue weighted by atomic mass is 19.4. The number of piperidine rings is 1. The van der Waals surface area contributed by atoms with Gasteiger partial charge in [-0.3, -0.25) is 0 Å². The van der Waals surface area contributed by atoms with E-state index in [0.29, 0.717) is 5.69 Å². The average Bonchev–Trinajstić information content (AvgIpc) is 2.46. The lowest BCUT2D eigenvalue weighted by Crippen LogP contribution is -2.41. The van der Waals surface area contributed by atoms with Crippen LogP contribution in [0.1, 0.15) is 30.9 Å². The van der Waals surface area contributed by atoms with Gasteiger partial charge in [-0.1, -0.05) is 6.92 Å². The van der Waals surface area contributed by atoms with Gasteiger partial charge in [-0.25, -0.2) is 0 Å². The second-order valence-corrected chi connectivity index (χ2v) is 5.25. The number of nitriles is 1. The Morgan fingerprint density at radius 2 is 2.19 bits per heavy atom. The maximum absolute atomic E-state index is 12.9. The summed E-state index contributed by atoms with van der Waals surface area (Å²) in [5.74, 6) is 0. The number of likely N-dealkylation sites (N-methyl/N-ethyl adjacent to an activating group) is 1. The van der Waals surface area contributed by atoms with Crippen molar-refractivity contribution in [2.24, 2.45) is 0 Å². The average molecular weight is 297 g/mol. The predicted molar refractivity (Wildman–Crippen MR) is 74.9 cm³/mol. The van der Waals surface area contributed by atoms with Crippen LogP contribution in [0.25, 0.3) is 0 Å². The number of benzene rings is 1. The molecule has 1 aromatic rings. The fourth-order valence-electron chi connectivity index (χ4n) is 2.66. The van der Waals surface area contributed by atoms with Crippen LogP contribution in [-0.2, 0) is 6.18 Å². The van der Waals surface area contributed by atoms with Crippen LogP contribution in [0.2, 0.25) is 0 Å². The van der Waals surface area contributed by atoms with E-state index in [1.807, 2.05) is 0 Å². The lowest BCUT2D eigenvalue weighted by molar-refractivity contribution is -0.137. The highest BCUT2D eigenvalue weighted by molar-refractivity contribution is 5.53. The number of rotatable bonds is 3. The zero-order valence-corrected chi connectivity index (χ0v) is 11.9. The highest BCUT2D eigenvalue weighted by Crippen LogP contribution is 2.33. The summed E-state index contributed by atoms with van der Waals surface area (Å²) in [6.45, 7) is 4.89. The molecule has 1 unspecified atom stereocenters. The summed E-state index contributed by atoms with van der Waals surface area (Å²) in [5.41, 5.74) is -0.797. The van der Waals surface area contributed by atoms with Gasteiger partial charge in [0.25, 0.3) is 0 Å². The Kier molecular flexibility index (Phi) is 4.73. The fourth-order valence-corrected chi connectivity index (χ4v) is 2.66. The van der Waals surface area contributed by atoms with Gasteiger partial charge < -0.3 is 10.2 Å². The van der Waals surface area contributed by atoms with Crippen LogP contribution < -0.4 is 5.32 Å². The number of hydrogen-bond donors (Lipinski definition) is 1. The van der Waals surface area contributed by atoms with Crippen LogP contribution in [0.15, 0.2) is 18.2 Å². The van der Waals surface area contributed by atoms with E-state index in [2.05, 4.69) is 17.1 Å². The molecule has 0 radical (unpaired) electrons. The number of alkyl halides is 3. The first-order valence-electron chi connectivity index (χ1n) is 7.04. The van der Waals surface area contributed by atoms with E-state index < -0.39 is 11.7 Å². The first kappa shape index (κ1) is 15.6. The summed E-state index contributed by atoms with van der Waals surface area (Å²) in [7, 11) is 0. The molecular weight excluding hydrogens is 279 g/mol. The van der Waals surface area contributed by atoms with E-state index in [4.69, 9.17) is 5.26 Å². The van der Waals surface area contributed by atoms with Crippen molar-refractivity contribution >= 4 is 5.69 Å². The van der Waals surface area contributed by atoms with Gasteiger partial charge in [0, 0.05) is 18.3 Å². The number of anilines is 1. The molecule has 0 aromatic heterocycles. The van der Waals surface area contributed by atoms with Gasteiger partial charge in [0.1, 0.15) is 0 Å². The van der Waals surface area contributed by atoms with E-state index in [-0.39, 0.29) is 11.6 Å². The Balaban J connectivity index is 2.16. The third-order valence-corrected chi connectivity index (χ3v) is 3.77. The Labute approximate surface area is 122 Å². The molecule has 1 aliphatic rings. The van der Waals surface area contributed by atoms with Gasteiger partial charge >= 0.3 is 6.18 Å². The Morgan fingerprint density at radius 3 is 2.81 bits per heavy atom. The summed E-state index contributed by atoms with van der Waals surface area (Å²) in [6.07, 6.45) is -2.53. The summed E-state index contributed by atoms with van der Waals surface area (Å²) in [5, 5.41) is 11.9. The van der Waals surface area contributed by atoms with E-state index >= 15 is 0 Å². The minimum Gasteiger partial charge on any atom is -0.381 e. The maximum Gasteiger partial charge on any atom is 0.417 e. The van der Waals surface area contributed by atoms with Gasteiger partial charge in [-0.05, 0) is 44.1 Å². The fraction of sp³-hybridized carbons (Fsp3) is 0.533. The van der Waals surface area contributed by atoms with Crippen molar-refractivity contribution in [1.29, 1.82) is 5.26 Å². The Morgan fingerprint density at radius 1 is 1.43 bits per heavy atom. The topological polar surface area (TPSA) is 39.1 Å². The largest absolute Gasteiger partial charge is 0.417 e. The van der Waals surface area contributed by atoms with Gasteiger partial charge in [-0.2, -0.15) is 18.4 Å². The van der Waals surface area contributed by atoms with Crippen LogP contribution in [0.3, 0.4) is 0 Å². The van der Waals surface area contributed by atoms with Crippen molar-refractivity contribution in [1.82, 2.24) is 4.90 Å². The molecule has 0 saturated carbocycles. The van der Waals surface area contributed by atoms with Crippen molar-refractivity contribution in [2.75, 3.05) is 25.0 Å². The molecule has 21 heavy (non-hydrogen) atoms. The smallest absolute Gasteiger partial charge is 0.381 e. The van der Waals surface area contributed by atoms with Crippen LogP contribution in [-0.4, -0.2) is 30.6 Å². The van der Waals surface area contributed by atoms with Crippen LogP contribution >= 0.6 is 0 Å². The molecule has 3 nitrogen and oxygen atoms in total. The van der Waals surface area contributed by atoms with Crippen molar-refractivity contribution in [3.63, 3.8) is 0 Å². The molecule has 1 heterocycles. The van der Waals surface area contributed by atoms with E-state index in [9.17, 15) is 13.2 Å². The van der Waals surface area contributed by atoms with Gasteiger partial charge in [-0.15, -0.1) is 0 Å². The van der Waals surface area contributed by atoms with E-state index in [1.54, 1.807) is 12.1 Å². The zero-order valence-electron chi connectivity index (χ0n) is 11.9. The van der Waals surface area contributed by atoms with Crippen molar-refractivity contribution in [3.05, 3.63) is 29.3 Å². The molecule has 1 aliphatic heterocycles. The van der Waals surface area contributed by atoms with Crippen molar-refractivity contribution < 1.29 is 13.2 Å². The summed E-state index contributed by atoms with van der Waals surface area (Å²) >= 11 is 0. The third-order valence-electron chi connectivity index (χ3n) is 3.77. The standard InChI is InChI=1S/C15H18F3N3/c1-2-21-7-3-4-13(10-21)20-12-6-5-11(9-19)14(8-12)15(16,17)18/h5-6,8,13,20H,2-4,7,10H2,1H3. The molecule has 1 saturated heterocycles. The zero-order chi connectivity index (χ0) is 15.5. The number of likely N-dealkylation sites (tertiary alicyclic amines) is 1. The van der Waals surface area contributed by atoms with Crippen LogP contribution in [0.4, 0.5) is 18.9 Å². The molecule has 0 aliphatic carbocycles. The van der Waals surface area contributed by atoms with Crippen molar-refractivity contribution in [2.45, 2.75) is 32.0 Å². The first-order chi connectivity index (χ1) is 9.94. The SMILES string of the molecule is CCN1CCCC(Nc2ccc(C#N)c(C(F)(F)F)c2)C1. The molecule has 0 bridgehead atoms. The molecule has 0 amide bonds. The quantitative estimate of drug-likeness (QED) is 0.928. The van der Waals surface area contributed by atoms with Gasteiger partial charge in [0.05, 0.1) is 17.2 Å². The Hall–Kier alpha value is -1.74. The second kappa shape index (κ2) is 6.35. The lowest BCUT2D eigenvalue weighted by Gasteiger charge is -2.33. The lowest BCUT2D eigenvalue weighted by atomic mass is 10.0.